The number of hydrogen-bond donors (Lipinski definition) is 2. The highest BCUT2D eigenvalue weighted by atomic mass is 19.2. The lowest BCUT2D eigenvalue weighted by molar-refractivity contribution is -0.282. The molecule has 0 radical (unpaired) electrons. The van der Waals surface area contributed by atoms with Gasteiger partial charge in [-0.1, -0.05) is 0 Å². The smallest absolute Gasteiger partial charge is 0.375 e. The van der Waals surface area contributed by atoms with E-state index in [1.165, 1.54) is 0 Å². The number of esters is 4. The molecule has 2 N–H and O–H groups in total. The Morgan fingerprint density at radius 3 is 1.83 bits per heavy atom. The molecular weight excluding hydrogens is 482 g/mol. The number of halogens is 2. The fourth-order valence-corrected chi connectivity index (χ4v) is 3.48. The van der Waals surface area contributed by atoms with E-state index in [2.05, 4.69) is 15.4 Å². The van der Waals surface area contributed by atoms with Crippen molar-refractivity contribution in [1.29, 1.82) is 0 Å². The second-order valence-electron chi connectivity index (χ2n) is 7.60. The van der Waals surface area contributed by atoms with E-state index >= 15 is 8.78 Å². The van der Waals surface area contributed by atoms with Gasteiger partial charge in [0.2, 0.25) is 11.8 Å². The minimum Gasteiger partial charge on any atom is -0.465 e. The van der Waals surface area contributed by atoms with Crippen LogP contribution >= 0.6 is 0 Å². The predicted octanol–water partition coefficient (Wildman–Crippen LogP) is -1.00. The summed E-state index contributed by atoms with van der Waals surface area (Å²) in [5, 5.41) is 4.36. The van der Waals surface area contributed by atoms with E-state index in [9.17, 15) is 28.8 Å². The van der Waals surface area contributed by atoms with Crippen LogP contribution in [0.25, 0.3) is 0 Å². The number of carbonyl (C=O) groups excluding carboxylic acids is 6. The maximum absolute atomic E-state index is 15.7. The van der Waals surface area contributed by atoms with E-state index in [0.29, 0.717) is 0 Å². The highest BCUT2D eigenvalue weighted by Gasteiger charge is 2.64. The molecule has 0 saturated carbocycles. The van der Waals surface area contributed by atoms with E-state index in [4.69, 9.17) is 18.9 Å². The van der Waals surface area contributed by atoms with Crippen molar-refractivity contribution in [2.45, 2.75) is 77.0 Å². The summed E-state index contributed by atoms with van der Waals surface area (Å²) < 4.78 is 55.5. The Bertz CT molecular complexity index is 855. The monoisotopic (exact) mass is 510 g/mol. The van der Waals surface area contributed by atoms with Crippen LogP contribution in [0.4, 0.5) is 8.78 Å². The molecule has 0 aliphatic carbocycles. The van der Waals surface area contributed by atoms with Crippen molar-refractivity contribution in [2.75, 3.05) is 13.7 Å². The van der Waals surface area contributed by atoms with E-state index in [1.807, 2.05) is 0 Å². The lowest BCUT2D eigenvalue weighted by Gasteiger charge is -2.48. The van der Waals surface area contributed by atoms with Crippen molar-refractivity contribution in [3.8, 4) is 0 Å². The lowest BCUT2D eigenvalue weighted by Crippen LogP contribution is -2.75. The first-order valence-corrected chi connectivity index (χ1v) is 10.2. The maximum Gasteiger partial charge on any atom is 0.375 e. The van der Waals surface area contributed by atoms with Crippen LogP contribution in [0.3, 0.4) is 0 Å². The second kappa shape index (κ2) is 12.4. The number of nitrogens with one attached hydrogen (secondary N) is 2. The zero-order valence-electron chi connectivity index (χ0n) is 19.9. The molecule has 15 heteroatoms. The van der Waals surface area contributed by atoms with Gasteiger partial charge in [0.1, 0.15) is 12.7 Å². The SMILES string of the molecule is COC(=O)[C@]1(F)OC([C@H](OC(C)=O)[C@@H](COC(C)=O)OC(C)=O)C(NC(C)=O)C(NC(C)=O)C1F. The average Bonchev–Trinajstić information content (AvgIpc) is 2.73. The Kier molecular flexibility index (Phi) is 10.5. The maximum atomic E-state index is 15.7. The molecule has 0 aromatic rings. The number of hydrogen-bond acceptors (Lipinski definition) is 11. The topological polar surface area (TPSA) is 173 Å². The number of amides is 2. The molecule has 1 aliphatic heterocycles. The Morgan fingerprint density at radius 2 is 1.40 bits per heavy atom. The molecule has 4 unspecified atom stereocenters. The Morgan fingerprint density at radius 1 is 0.886 bits per heavy atom. The van der Waals surface area contributed by atoms with Gasteiger partial charge in [0.05, 0.1) is 19.2 Å². The first-order valence-electron chi connectivity index (χ1n) is 10.2. The number of rotatable bonds is 9. The Labute approximate surface area is 199 Å². The molecular formula is C20H28F2N2O11. The van der Waals surface area contributed by atoms with E-state index in [-0.39, 0.29) is 0 Å². The molecule has 1 saturated heterocycles. The van der Waals surface area contributed by atoms with Gasteiger partial charge >= 0.3 is 29.7 Å². The zero-order chi connectivity index (χ0) is 27.1. The molecule has 13 nitrogen and oxygen atoms in total. The molecule has 198 valence electrons. The van der Waals surface area contributed by atoms with Gasteiger partial charge in [0.25, 0.3) is 0 Å². The second-order valence-corrected chi connectivity index (χ2v) is 7.60. The fraction of sp³-hybridized carbons (Fsp3) is 0.700. The van der Waals surface area contributed by atoms with Crippen molar-refractivity contribution < 1.29 is 61.2 Å². The molecule has 0 aromatic carbocycles. The molecule has 0 bridgehead atoms. The summed E-state index contributed by atoms with van der Waals surface area (Å²) >= 11 is 0. The van der Waals surface area contributed by atoms with Crippen LogP contribution in [0.1, 0.15) is 34.6 Å². The van der Waals surface area contributed by atoms with Gasteiger partial charge in [-0.2, -0.15) is 4.39 Å². The van der Waals surface area contributed by atoms with Gasteiger partial charge in [-0.25, -0.2) is 9.18 Å². The summed E-state index contributed by atoms with van der Waals surface area (Å²) in [6.45, 7) is 4.15. The third-order valence-corrected chi connectivity index (χ3v) is 4.68. The van der Waals surface area contributed by atoms with Crippen LogP contribution < -0.4 is 10.6 Å². The molecule has 1 heterocycles. The molecule has 1 aliphatic rings. The lowest BCUT2D eigenvalue weighted by atomic mass is 9.85. The highest BCUT2D eigenvalue weighted by Crippen LogP contribution is 2.37. The number of methoxy groups -OCH3 is 1. The van der Waals surface area contributed by atoms with Crippen LogP contribution in [0.15, 0.2) is 0 Å². The largest absolute Gasteiger partial charge is 0.465 e. The summed E-state index contributed by atoms with van der Waals surface area (Å²) in [7, 11) is 0.744. The van der Waals surface area contributed by atoms with Gasteiger partial charge in [-0.15, -0.1) is 0 Å². The summed E-state index contributed by atoms with van der Waals surface area (Å²) in [4.78, 5) is 70.8. The molecule has 0 aromatic heterocycles. The molecule has 1 fully saturated rings. The third-order valence-electron chi connectivity index (χ3n) is 4.68. The van der Waals surface area contributed by atoms with Crippen molar-refractivity contribution in [1.82, 2.24) is 10.6 Å². The van der Waals surface area contributed by atoms with E-state index in [1.54, 1.807) is 0 Å². The molecule has 0 spiro atoms. The Hall–Kier alpha value is -3.36. The molecule has 35 heavy (non-hydrogen) atoms. The van der Waals surface area contributed by atoms with Gasteiger partial charge in [-0.05, 0) is 0 Å². The summed E-state index contributed by atoms with van der Waals surface area (Å²) in [6, 6.07) is -3.64. The molecule has 2 amide bonds. The van der Waals surface area contributed by atoms with Crippen LogP contribution in [0, 0.1) is 0 Å². The first kappa shape index (κ1) is 29.7. The number of ether oxygens (including phenoxy) is 5. The van der Waals surface area contributed by atoms with E-state index in [0.717, 1.165) is 41.7 Å². The normalized spacial score (nSPS) is 27.4. The predicted molar refractivity (Wildman–Crippen MR) is 109 cm³/mol. The average molecular weight is 510 g/mol. The zero-order valence-corrected chi connectivity index (χ0v) is 19.9. The van der Waals surface area contributed by atoms with Crippen molar-refractivity contribution in [3.63, 3.8) is 0 Å². The highest BCUT2D eigenvalue weighted by molar-refractivity contribution is 5.80. The number of alkyl halides is 2. The fourth-order valence-electron chi connectivity index (χ4n) is 3.48. The number of carbonyl (C=O) groups is 6. The standard InChI is InChI=1S/C20H28F2N2O11/c1-8(25)23-14-15(24-9(2)26)18(21)20(22,19(30)31-6)35-17(14)16(34-12(5)29)13(33-11(4)28)7-32-10(3)27/h13-18H,7H2,1-6H3,(H,23,25)(H,24,26)/t13-,14?,15?,16-,17?,18?,20-/m1/s1. The van der Waals surface area contributed by atoms with Crippen molar-refractivity contribution in [2.24, 2.45) is 0 Å². The Balaban J connectivity index is 3.74. The summed E-state index contributed by atoms with van der Waals surface area (Å²) in [5.41, 5.74) is 0. The third kappa shape index (κ3) is 7.83. The quantitative estimate of drug-likeness (QED) is 0.288. The van der Waals surface area contributed by atoms with Gasteiger partial charge in [0.15, 0.2) is 18.4 Å². The van der Waals surface area contributed by atoms with Crippen LogP contribution in [0.2, 0.25) is 0 Å². The van der Waals surface area contributed by atoms with Crippen LogP contribution in [-0.2, 0) is 52.5 Å². The van der Waals surface area contributed by atoms with Gasteiger partial charge < -0.3 is 34.3 Å². The minimum atomic E-state index is -3.86. The molecule has 7 atom stereocenters. The van der Waals surface area contributed by atoms with Crippen LogP contribution in [0.5, 0.6) is 0 Å². The summed E-state index contributed by atoms with van der Waals surface area (Å²) in [6.07, 6.45) is -8.44. The van der Waals surface area contributed by atoms with Crippen molar-refractivity contribution in [3.05, 3.63) is 0 Å². The van der Waals surface area contributed by atoms with E-state index < -0.39 is 84.7 Å². The minimum absolute atomic E-state index is 0.735. The van der Waals surface area contributed by atoms with Gasteiger partial charge in [0, 0.05) is 34.6 Å². The molecule has 1 rings (SSSR count). The van der Waals surface area contributed by atoms with Crippen molar-refractivity contribution >= 4 is 35.7 Å². The van der Waals surface area contributed by atoms with Crippen LogP contribution in [-0.4, -0.2) is 91.8 Å². The first-order chi connectivity index (χ1) is 16.1. The van der Waals surface area contributed by atoms with Gasteiger partial charge in [-0.3, -0.25) is 24.0 Å². The summed E-state index contributed by atoms with van der Waals surface area (Å²) in [5.74, 6) is -10.2.